The number of ether oxygens (including phenoxy) is 1. The normalized spacial score (nSPS) is 11.3. The maximum Gasteiger partial charge on any atom is 0.412 e. The zero-order chi connectivity index (χ0) is 19.7. The molecule has 0 atom stereocenters. The van der Waals surface area contributed by atoms with Gasteiger partial charge >= 0.3 is 12.1 Å². The van der Waals surface area contributed by atoms with E-state index in [1.807, 2.05) is 13.8 Å². The molecule has 0 saturated carbocycles. The van der Waals surface area contributed by atoms with E-state index in [-0.39, 0.29) is 23.3 Å². The second kappa shape index (κ2) is 10.0. The number of nitrogens with two attached hydrogens (primary N) is 1. The predicted molar refractivity (Wildman–Crippen MR) is 95.0 cm³/mol. The van der Waals surface area contributed by atoms with E-state index in [4.69, 9.17) is 5.73 Å². The molecule has 0 spiro atoms. The summed E-state index contributed by atoms with van der Waals surface area (Å²) in [6, 6.07) is 5.88. The van der Waals surface area contributed by atoms with Crippen LogP contribution in [0, 0.1) is 0 Å². The lowest BCUT2D eigenvalue weighted by atomic mass is 10.1. The van der Waals surface area contributed by atoms with Gasteiger partial charge in [0, 0.05) is 25.1 Å². The van der Waals surface area contributed by atoms with Crippen LogP contribution in [0.15, 0.2) is 29.2 Å². The molecule has 0 radical (unpaired) electrons. The Labute approximate surface area is 153 Å². The molecule has 0 bridgehead atoms. The quantitative estimate of drug-likeness (QED) is 0.374. The highest BCUT2D eigenvalue weighted by molar-refractivity contribution is 7.89. The van der Waals surface area contributed by atoms with Crippen molar-refractivity contribution in [3.63, 3.8) is 0 Å². The SMILES string of the molecule is CCCN(CCC)S(=O)(=O)c1ccccc1C(=O)CCC(=O)OC(N)=O. The van der Waals surface area contributed by atoms with E-state index in [1.165, 1.54) is 16.4 Å². The maximum absolute atomic E-state index is 12.9. The van der Waals surface area contributed by atoms with Gasteiger partial charge in [-0.05, 0) is 18.9 Å². The molecule has 8 nitrogen and oxygen atoms in total. The molecule has 1 aromatic carbocycles. The molecular weight excluding hydrogens is 360 g/mol. The highest BCUT2D eigenvalue weighted by atomic mass is 32.2. The molecule has 26 heavy (non-hydrogen) atoms. The number of esters is 1. The number of ketones is 1. The Morgan fingerprint density at radius 1 is 1.04 bits per heavy atom. The number of nitrogens with zero attached hydrogens (tertiary/aromatic N) is 1. The minimum absolute atomic E-state index is 0.0107. The highest BCUT2D eigenvalue weighted by Gasteiger charge is 2.28. The molecule has 1 rings (SSSR count). The first-order chi connectivity index (χ1) is 12.2. The lowest BCUT2D eigenvalue weighted by Crippen LogP contribution is -2.33. The molecule has 1 amide bonds. The summed E-state index contributed by atoms with van der Waals surface area (Å²) in [6.07, 6.45) is -0.618. The van der Waals surface area contributed by atoms with Crippen molar-refractivity contribution in [1.29, 1.82) is 0 Å². The zero-order valence-electron chi connectivity index (χ0n) is 14.9. The second-order valence-electron chi connectivity index (χ2n) is 5.62. The molecule has 2 N–H and O–H groups in total. The van der Waals surface area contributed by atoms with Crippen molar-refractivity contribution >= 4 is 27.9 Å². The largest absolute Gasteiger partial charge is 0.412 e. The molecule has 0 aromatic heterocycles. The zero-order valence-corrected chi connectivity index (χ0v) is 15.8. The third-order valence-electron chi connectivity index (χ3n) is 3.52. The molecule has 0 fully saturated rings. The van der Waals surface area contributed by atoms with Gasteiger partial charge in [-0.2, -0.15) is 4.31 Å². The molecule has 1 aromatic rings. The van der Waals surface area contributed by atoms with Crippen LogP contribution in [0.3, 0.4) is 0 Å². The summed E-state index contributed by atoms with van der Waals surface area (Å²) in [4.78, 5) is 34.2. The lowest BCUT2D eigenvalue weighted by molar-refractivity contribution is -0.137. The fraction of sp³-hybridized carbons (Fsp3) is 0.471. The molecule has 0 aliphatic carbocycles. The highest BCUT2D eigenvalue weighted by Crippen LogP contribution is 2.22. The molecule has 9 heteroatoms. The van der Waals surface area contributed by atoms with Crippen LogP contribution in [0.1, 0.15) is 49.9 Å². The van der Waals surface area contributed by atoms with Crippen molar-refractivity contribution in [1.82, 2.24) is 4.31 Å². The Balaban J connectivity index is 3.07. The molecular formula is C17H24N2O6S. The van der Waals surface area contributed by atoms with Gasteiger partial charge < -0.3 is 10.5 Å². The standard InChI is InChI=1S/C17H24N2O6S/c1-3-11-19(12-4-2)26(23,24)15-8-6-5-7-13(15)14(20)9-10-16(21)25-17(18)22/h5-8H,3-4,9-12H2,1-2H3,(H2,18,22). The first-order valence-corrected chi connectivity index (χ1v) is 9.80. The van der Waals surface area contributed by atoms with Crippen molar-refractivity contribution in [2.75, 3.05) is 13.1 Å². The Morgan fingerprint density at radius 3 is 2.15 bits per heavy atom. The minimum atomic E-state index is -3.84. The molecule has 0 unspecified atom stereocenters. The third kappa shape index (κ3) is 5.92. The number of benzene rings is 1. The first kappa shape index (κ1) is 21.8. The number of sulfonamides is 1. The summed E-state index contributed by atoms with van der Waals surface area (Å²) >= 11 is 0. The van der Waals surface area contributed by atoms with Crippen LogP contribution in [0.25, 0.3) is 0 Å². The first-order valence-electron chi connectivity index (χ1n) is 8.36. The number of carbonyl (C=O) groups is 3. The van der Waals surface area contributed by atoms with Gasteiger partial charge in [-0.25, -0.2) is 13.2 Å². The van der Waals surface area contributed by atoms with E-state index in [0.717, 1.165) is 0 Å². The van der Waals surface area contributed by atoms with Crippen molar-refractivity contribution < 1.29 is 27.5 Å². The van der Waals surface area contributed by atoms with E-state index in [0.29, 0.717) is 25.9 Å². The average molecular weight is 384 g/mol. The number of Topliss-reactive ketones (excluding diaryl/α,β-unsaturated/α-hetero) is 1. The number of hydrogen-bond donors (Lipinski definition) is 1. The van der Waals surface area contributed by atoms with Gasteiger partial charge in [0.2, 0.25) is 10.0 Å². The van der Waals surface area contributed by atoms with Crippen LogP contribution in [0.4, 0.5) is 4.79 Å². The monoisotopic (exact) mass is 384 g/mol. The fourth-order valence-corrected chi connectivity index (χ4v) is 4.26. The van der Waals surface area contributed by atoms with E-state index in [2.05, 4.69) is 4.74 Å². The topological polar surface area (TPSA) is 124 Å². The number of hydrogen-bond acceptors (Lipinski definition) is 6. The number of rotatable bonds is 10. The molecule has 144 valence electrons. The second-order valence-corrected chi connectivity index (χ2v) is 7.52. The van der Waals surface area contributed by atoms with Gasteiger partial charge in [-0.1, -0.05) is 32.0 Å². The van der Waals surface area contributed by atoms with Crippen molar-refractivity contribution in [2.45, 2.75) is 44.4 Å². The van der Waals surface area contributed by atoms with Gasteiger partial charge in [0.1, 0.15) is 0 Å². The number of primary amides is 1. The minimum Gasteiger partial charge on any atom is -0.376 e. The van der Waals surface area contributed by atoms with Gasteiger partial charge in [-0.15, -0.1) is 0 Å². The molecule has 0 heterocycles. The van der Waals surface area contributed by atoms with Crippen LogP contribution in [0.5, 0.6) is 0 Å². The summed E-state index contributed by atoms with van der Waals surface area (Å²) < 4.78 is 31.4. The van der Waals surface area contributed by atoms with E-state index >= 15 is 0 Å². The Kier molecular flexibility index (Phi) is 8.40. The van der Waals surface area contributed by atoms with Crippen molar-refractivity contribution in [3.05, 3.63) is 29.8 Å². The van der Waals surface area contributed by atoms with E-state index in [9.17, 15) is 22.8 Å². The van der Waals surface area contributed by atoms with Crippen molar-refractivity contribution in [2.24, 2.45) is 5.73 Å². The van der Waals surface area contributed by atoms with Gasteiger partial charge in [0.05, 0.1) is 11.3 Å². The number of amides is 1. The molecule has 0 aliphatic heterocycles. The van der Waals surface area contributed by atoms with Crippen LogP contribution in [0.2, 0.25) is 0 Å². The van der Waals surface area contributed by atoms with E-state index in [1.54, 1.807) is 12.1 Å². The van der Waals surface area contributed by atoms with Crippen LogP contribution in [-0.2, 0) is 19.6 Å². The van der Waals surface area contributed by atoms with E-state index < -0.39 is 27.9 Å². The third-order valence-corrected chi connectivity index (χ3v) is 5.48. The van der Waals surface area contributed by atoms with Crippen LogP contribution < -0.4 is 5.73 Å². The maximum atomic E-state index is 12.9. The molecule has 0 saturated heterocycles. The van der Waals surface area contributed by atoms with Crippen molar-refractivity contribution in [3.8, 4) is 0 Å². The predicted octanol–water partition coefficient (Wildman–Crippen LogP) is 2.08. The van der Waals surface area contributed by atoms with Gasteiger partial charge in [-0.3, -0.25) is 9.59 Å². The molecule has 0 aliphatic rings. The van der Waals surface area contributed by atoms with Crippen LogP contribution >= 0.6 is 0 Å². The Morgan fingerprint density at radius 2 is 1.62 bits per heavy atom. The van der Waals surface area contributed by atoms with Gasteiger partial charge in [0.15, 0.2) is 5.78 Å². The Hall–Kier alpha value is -2.26. The smallest absolute Gasteiger partial charge is 0.376 e. The average Bonchev–Trinajstić information content (AvgIpc) is 2.59. The lowest BCUT2D eigenvalue weighted by Gasteiger charge is -2.22. The van der Waals surface area contributed by atoms with Gasteiger partial charge in [0.25, 0.3) is 0 Å². The summed E-state index contributed by atoms with van der Waals surface area (Å²) in [5.41, 5.74) is 4.74. The van der Waals surface area contributed by atoms with Crippen LogP contribution in [-0.4, -0.2) is 43.7 Å². The summed E-state index contributed by atoms with van der Waals surface area (Å²) in [7, 11) is -3.84. The Bertz CT molecular complexity index is 754. The summed E-state index contributed by atoms with van der Waals surface area (Å²) in [5, 5.41) is 0. The summed E-state index contributed by atoms with van der Waals surface area (Å²) in [6.45, 7) is 4.45. The fourth-order valence-electron chi connectivity index (χ4n) is 2.43. The summed E-state index contributed by atoms with van der Waals surface area (Å²) in [5.74, 6) is -1.47. The number of carbonyl (C=O) groups excluding carboxylic acids is 3.